The molecule has 0 aliphatic heterocycles. The van der Waals surface area contributed by atoms with Crippen LogP contribution in [-0.4, -0.2) is 7.28 Å². The van der Waals surface area contributed by atoms with Gasteiger partial charge in [-0.1, -0.05) is 86.3 Å². The lowest BCUT2D eigenvalue weighted by Gasteiger charge is -2.17. The van der Waals surface area contributed by atoms with E-state index in [1.54, 1.807) is 0 Å². The van der Waals surface area contributed by atoms with Crippen molar-refractivity contribution in [2.75, 3.05) is 0 Å². The third-order valence-electron chi connectivity index (χ3n) is 4.21. The highest BCUT2D eigenvalue weighted by atomic mass is 14.9. The normalized spacial score (nSPS) is 11.3. The van der Waals surface area contributed by atoms with Crippen LogP contribution < -0.4 is 15.5 Å². The van der Waals surface area contributed by atoms with E-state index in [0.29, 0.717) is 0 Å². The number of nitrogens with zero attached hydrogens (tertiary/aromatic N) is 1. The fraction of sp³-hybridized carbons (Fsp3) is 0.227. The molecule has 2 aromatic carbocycles. The van der Waals surface area contributed by atoms with E-state index in [9.17, 15) is 0 Å². The predicted molar refractivity (Wildman–Crippen MR) is 102 cm³/mol. The van der Waals surface area contributed by atoms with Crippen molar-refractivity contribution in [2.24, 2.45) is 0 Å². The van der Waals surface area contributed by atoms with Crippen LogP contribution in [0.4, 0.5) is 0 Å². The molecule has 3 aromatic rings. The van der Waals surface area contributed by atoms with Crippen LogP contribution in [0.1, 0.15) is 31.9 Å². The minimum atomic E-state index is 0.198. The van der Waals surface area contributed by atoms with Crippen molar-refractivity contribution in [1.29, 1.82) is 0 Å². The second-order valence-electron chi connectivity index (χ2n) is 7.31. The summed E-state index contributed by atoms with van der Waals surface area (Å²) in [5.74, 6) is 0. The molecule has 3 rings (SSSR count). The van der Waals surface area contributed by atoms with Crippen molar-refractivity contribution in [3.63, 3.8) is 0 Å². The summed E-state index contributed by atoms with van der Waals surface area (Å²) in [6.07, 6.45) is 4.35. The first-order chi connectivity index (χ1) is 11.5. The summed E-state index contributed by atoms with van der Waals surface area (Å²) in [6, 6.07) is 23.6. The van der Waals surface area contributed by atoms with Crippen LogP contribution in [0.3, 0.4) is 0 Å². The zero-order valence-electron chi connectivity index (χ0n) is 14.7. The average molecular weight is 313 g/mol. The van der Waals surface area contributed by atoms with E-state index in [1.165, 1.54) is 22.1 Å². The van der Waals surface area contributed by atoms with Gasteiger partial charge in [0.2, 0.25) is 0 Å². The molecule has 0 fully saturated rings. The Morgan fingerprint density at radius 1 is 0.792 bits per heavy atom. The quantitative estimate of drug-likeness (QED) is 0.515. The highest BCUT2D eigenvalue weighted by Crippen LogP contribution is 2.20. The van der Waals surface area contributed by atoms with Gasteiger partial charge in [-0.2, -0.15) is 0 Å². The molecule has 0 bridgehead atoms. The van der Waals surface area contributed by atoms with Gasteiger partial charge in [0.15, 0.2) is 26.2 Å². The zero-order valence-corrected chi connectivity index (χ0v) is 14.7. The van der Waals surface area contributed by atoms with Crippen LogP contribution >= 0.6 is 0 Å². The van der Waals surface area contributed by atoms with Crippen LogP contribution in [-0.2, 0) is 12.0 Å². The van der Waals surface area contributed by atoms with Crippen molar-refractivity contribution in [1.82, 2.24) is 0 Å². The smallest absolute Gasteiger partial charge is 0.191 e. The Morgan fingerprint density at radius 2 is 1.46 bits per heavy atom. The Kier molecular flexibility index (Phi) is 4.85. The van der Waals surface area contributed by atoms with Gasteiger partial charge in [0.25, 0.3) is 0 Å². The third kappa shape index (κ3) is 4.35. The molecule has 0 aliphatic rings. The van der Waals surface area contributed by atoms with E-state index in [0.717, 1.165) is 6.54 Å². The van der Waals surface area contributed by atoms with Crippen molar-refractivity contribution in [3.05, 3.63) is 90.3 Å². The molecule has 0 saturated carbocycles. The number of pyridine rings is 1. The Balaban J connectivity index is 1.73. The highest BCUT2D eigenvalue weighted by molar-refractivity contribution is 6.67. The summed E-state index contributed by atoms with van der Waals surface area (Å²) in [5, 5.41) is 0. The van der Waals surface area contributed by atoms with Gasteiger partial charge in [0.1, 0.15) is 0 Å². The minimum absolute atomic E-state index is 0.198. The van der Waals surface area contributed by atoms with Gasteiger partial charge in [0.05, 0.1) is 0 Å². The summed E-state index contributed by atoms with van der Waals surface area (Å²) < 4.78 is 2.23. The first-order valence-corrected chi connectivity index (χ1v) is 8.49. The molecule has 0 amide bonds. The lowest BCUT2D eigenvalue weighted by atomic mass is 9.64. The topological polar surface area (TPSA) is 3.88 Å². The SMILES string of the molecule is CC(C)(C)c1cc[n+](Cc2cccc([B]c3ccccc3)c2)cc1. The molecule has 0 atom stereocenters. The number of hydrogen-bond acceptors (Lipinski definition) is 0. The van der Waals surface area contributed by atoms with E-state index in [2.05, 4.69) is 106 Å². The summed E-state index contributed by atoms with van der Waals surface area (Å²) in [7, 11) is 2.22. The predicted octanol–water partition coefficient (Wildman–Crippen LogP) is 2.97. The second kappa shape index (κ2) is 7.04. The lowest BCUT2D eigenvalue weighted by molar-refractivity contribution is -0.688. The Bertz CT molecular complexity index is 786. The molecule has 1 heterocycles. The van der Waals surface area contributed by atoms with Gasteiger partial charge in [-0.15, -0.1) is 0 Å². The molecule has 1 nitrogen and oxygen atoms in total. The second-order valence-corrected chi connectivity index (χ2v) is 7.31. The molecule has 2 heteroatoms. The first-order valence-electron chi connectivity index (χ1n) is 8.49. The fourth-order valence-electron chi connectivity index (χ4n) is 2.80. The standard InChI is InChI=1S/C22H24BN/c1-22(2,3)19-12-14-24(15-13-19)17-18-8-7-11-21(16-18)23-20-9-5-4-6-10-20/h4-16H,17H2,1-3H3/q+1. The molecule has 119 valence electrons. The molecule has 0 aliphatic carbocycles. The molecule has 0 N–H and O–H groups in total. The maximum atomic E-state index is 2.26. The number of aromatic nitrogens is 1. The maximum Gasteiger partial charge on any atom is 0.191 e. The number of benzene rings is 2. The zero-order chi connectivity index (χ0) is 17.0. The molecule has 24 heavy (non-hydrogen) atoms. The van der Waals surface area contributed by atoms with E-state index in [1.807, 2.05) is 6.07 Å². The van der Waals surface area contributed by atoms with Crippen LogP contribution in [0.15, 0.2) is 79.1 Å². The van der Waals surface area contributed by atoms with E-state index >= 15 is 0 Å². The van der Waals surface area contributed by atoms with Gasteiger partial charge in [-0.3, -0.25) is 0 Å². The van der Waals surface area contributed by atoms with Crippen molar-refractivity contribution >= 4 is 18.2 Å². The average Bonchev–Trinajstić information content (AvgIpc) is 2.56. The highest BCUT2D eigenvalue weighted by Gasteiger charge is 2.15. The molecule has 1 radical (unpaired) electrons. The van der Waals surface area contributed by atoms with Gasteiger partial charge in [-0.25, -0.2) is 4.57 Å². The molecular formula is C22H24BN+. The fourth-order valence-corrected chi connectivity index (χ4v) is 2.80. The van der Waals surface area contributed by atoms with Crippen LogP contribution in [0, 0.1) is 0 Å². The largest absolute Gasteiger partial charge is 0.201 e. The third-order valence-corrected chi connectivity index (χ3v) is 4.21. The molecule has 0 spiro atoms. The number of hydrogen-bond donors (Lipinski definition) is 0. The molecule has 1 aromatic heterocycles. The summed E-state index contributed by atoms with van der Waals surface area (Å²) in [6.45, 7) is 7.63. The van der Waals surface area contributed by atoms with Gasteiger partial charge in [0, 0.05) is 17.7 Å². The van der Waals surface area contributed by atoms with Crippen molar-refractivity contribution in [3.8, 4) is 0 Å². The summed E-state index contributed by atoms with van der Waals surface area (Å²) in [4.78, 5) is 0. The van der Waals surface area contributed by atoms with Gasteiger partial charge < -0.3 is 0 Å². The Morgan fingerprint density at radius 3 is 2.12 bits per heavy atom. The summed E-state index contributed by atoms with van der Waals surface area (Å²) in [5.41, 5.74) is 5.35. The maximum absolute atomic E-state index is 2.26. The summed E-state index contributed by atoms with van der Waals surface area (Å²) >= 11 is 0. The minimum Gasteiger partial charge on any atom is -0.201 e. The van der Waals surface area contributed by atoms with E-state index < -0.39 is 0 Å². The Labute approximate surface area is 146 Å². The number of rotatable bonds is 4. The van der Waals surface area contributed by atoms with Crippen molar-refractivity contribution < 1.29 is 4.57 Å². The van der Waals surface area contributed by atoms with Gasteiger partial charge >= 0.3 is 0 Å². The van der Waals surface area contributed by atoms with E-state index in [-0.39, 0.29) is 5.41 Å². The Hall–Kier alpha value is -2.35. The van der Waals surface area contributed by atoms with Crippen LogP contribution in [0.2, 0.25) is 0 Å². The lowest BCUT2D eigenvalue weighted by Crippen LogP contribution is -2.35. The molecule has 0 unspecified atom stereocenters. The molecule has 0 saturated heterocycles. The first kappa shape index (κ1) is 16.5. The van der Waals surface area contributed by atoms with E-state index in [4.69, 9.17) is 0 Å². The van der Waals surface area contributed by atoms with Crippen LogP contribution in [0.5, 0.6) is 0 Å². The van der Waals surface area contributed by atoms with Crippen molar-refractivity contribution in [2.45, 2.75) is 32.7 Å². The monoisotopic (exact) mass is 313 g/mol. The molecular weight excluding hydrogens is 289 g/mol. The van der Waals surface area contributed by atoms with Gasteiger partial charge in [-0.05, 0) is 11.0 Å². The van der Waals surface area contributed by atoms with Crippen LogP contribution in [0.25, 0.3) is 0 Å².